The summed E-state index contributed by atoms with van der Waals surface area (Å²) in [6.07, 6.45) is 5.32. The van der Waals surface area contributed by atoms with Crippen LogP contribution >= 0.6 is 0 Å². The molecule has 34 heavy (non-hydrogen) atoms. The van der Waals surface area contributed by atoms with Crippen molar-refractivity contribution in [1.82, 2.24) is 9.80 Å². The van der Waals surface area contributed by atoms with Crippen LogP contribution in [0.2, 0.25) is 0 Å². The highest BCUT2D eigenvalue weighted by Crippen LogP contribution is 2.30. The third kappa shape index (κ3) is 6.03. The first-order valence-corrected chi connectivity index (χ1v) is 12.7. The number of hydrogen-bond acceptors (Lipinski definition) is 7. The van der Waals surface area contributed by atoms with Crippen LogP contribution in [-0.2, 0) is 19.1 Å². The second-order valence-electron chi connectivity index (χ2n) is 9.55. The third-order valence-corrected chi connectivity index (χ3v) is 7.26. The molecule has 1 aromatic rings. The maximum Gasteiger partial charge on any atom is 0.338 e. The zero-order valence-electron chi connectivity index (χ0n) is 20.2. The van der Waals surface area contributed by atoms with Crippen molar-refractivity contribution in [3.8, 4) is 0 Å². The van der Waals surface area contributed by atoms with Gasteiger partial charge in [0.25, 0.3) is 5.91 Å². The van der Waals surface area contributed by atoms with Crippen LogP contribution in [-0.4, -0.2) is 86.2 Å². The molecule has 3 aliphatic heterocycles. The smallest absolute Gasteiger partial charge is 0.338 e. The number of rotatable bonds is 9. The Hall–Kier alpha value is -2.29. The van der Waals surface area contributed by atoms with Gasteiger partial charge in [-0.3, -0.25) is 19.4 Å². The molecule has 0 bridgehead atoms. The lowest BCUT2D eigenvalue weighted by Crippen LogP contribution is -2.46. The molecule has 3 saturated heterocycles. The average molecular weight is 472 g/mol. The molecule has 2 amide bonds. The second kappa shape index (κ2) is 11.9. The molecule has 0 aromatic heterocycles. The number of ether oxygens (including phenoxy) is 2. The largest absolute Gasteiger partial charge is 0.462 e. The fraction of sp³-hybridized carbons (Fsp3) is 0.654. The van der Waals surface area contributed by atoms with Crippen LogP contribution in [0.15, 0.2) is 24.3 Å². The molecule has 186 valence electrons. The maximum absolute atomic E-state index is 13.2. The molecule has 0 N–H and O–H groups in total. The van der Waals surface area contributed by atoms with Crippen LogP contribution < -0.4 is 4.90 Å². The highest BCUT2D eigenvalue weighted by molar-refractivity contribution is 6.22. The monoisotopic (exact) mass is 471 g/mol. The van der Waals surface area contributed by atoms with E-state index in [-0.39, 0.29) is 30.2 Å². The van der Waals surface area contributed by atoms with Crippen LogP contribution in [0.25, 0.3) is 0 Å². The summed E-state index contributed by atoms with van der Waals surface area (Å²) in [5.41, 5.74) is 0.942. The molecule has 8 heteroatoms. The van der Waals surface area contributed by atoms with E-state index in [2.05, 4.69) is 9.80 Å². The van der Waals surface area contributed by atoms with Gasteiger partial charge in [0.05, 0.1) is 43.5 Å². The van der Waals surface area contributed by atoms with Crippen molar-refractivity contribution in [1.29, 1.82) is 0 Å². The number of piperidine rings is 1. The van der Waals surface area contributed by atoms with Gasteiger partial charge in [-0.15, -0.1) is 0 Å². The molecule has 1 aromatic carbocycles. The Labute approximate surface area is 202 Å². The average Bonchev–Trinajstić information content (AvgIpc) is 3.17. The normalized spacial score (nSPS) is 23.0. The van der Waals surface area contributed by atoms with E-state index >= 15 is 0 Å². The summed E-state index contributed by atoms with van der Waals surface area (Å²) in [5.74, 6) is -0.0433. The number of anilines is 1. The van der Waals surface area contributed by atoms with E-state index in [0.29, 0.717) is 23.8 Å². The second-order valence-corrected chi connectivity index (χ2v) is 9.55. The number of hydrogen-bond donors (Lipinski definition) is 0. The molecule has 4 rings (SSSR count). The fourth-order valence-corrected chi connectivity index (χ4v) is 5.05. The summed E-state index contributed by atoms with van der Waals surface area (Å²) in [6, 6.07) is 6.18. The Bertz CT molecular complexity index is 844. The minimum absolute atomic E-state index is 0.157. The number of esters is 1. The van der Waals surface area contributed by atoms with E-state index in [1.54, 1.807) is 24.3 Å². The zero-order valence-corrected chi connectivity index (χ0v) is 20.2. The number of unbranched alkanes of at least 4 members (excludes halogenated alkanes) is 1. The fourth-order valence-electron chi connectivity index (χ4n) is 5.05. The van der Waals surface area contributed by atoms with Crippen molar-refractivity contribution < 1.29 is 23.9 Å². The summed E-state index contributed by atoms with van der Waals surface area (Å²) in [5, 5.41) is 0. The van der Waals surface area contributed by atoms with E-state index in [0.717, 1.165) is 71.6 Å². The van der Waals surface area contributed by atoms with Crippen molar-refractivity contribution >= 4 is 23.5 Å². The number of imide groups is 1. The summed E-state index contributed by atoms with van der Waals surface area (Å²) < 4.78 is 10.7. The first kappa shape index (κ1) is 24.8. The highest BCUT2D eigenvalue weighted by atomic mass is 16.5. The highest BCUT2D eigenvalue weighted by Gasteiger charge is 2.43. The van der Waals surface area contributed by atoms with Crippen LogP contribution in [0, 0.1) is 5.92 Å². The predicted molar refractivity (Wildman–Crippen MR) is 129 cm³/mol. The molecule has 3 heterocycles. The van der Waals surface area contributed by atoms with E-state index in [9.17, 15) is 14.4 Å². The Morgan fingerprint density at radius 1 is 1.06 bits per heavy atom. The number of carbonyl (C=O) groups excluding carboxylic acids is 3. The molecular formula is C26H37N3O5. The van der Waals surface area contributed by atoms with Crippen molar-refractivity contribution in [2.75, 3.05) is 57.4 Å². The van der Waals surface area contributed by atoms with E-state index in [1.807, 2.05) is 6.92 Å². The number of morpholine rings is 1. The summed E-state index contributed by atoms with van der Waals surface area (Å²) >= 11 is 0. The van der Waals surface area contributed by atoms with Gasteiger partial charge in [0, 0.05) is 13.1 Å². The molecule has 0 unspecified atom stereocenters. The Balaban J connectivity index is 1.27. The van der Waals surface area contributed by atoms with Crippen molar-refractivity contribution in [2.24, 2.45) is 5.92 Å². The number of carbonyl (C=O) groups is 3. The van der Waals surface area contributed by atoms with E-state index in [1.165, 1.54) is 11.3 Å². The standard InChI is InChI=1S/C26H37N3O5/c1-2-3-16-34-26(32)21-4-6-22(7-5-21)29-24(30)19-23(25(29)31)28-12-9-20(10-13-28)8-11-27-14-17-33-18-15-27/h4-7,20,23H,2-3,8-19H2,1H3/t23-/m1/s1. The molecular weight excluding hydrogens is 434 g/mol. The van der Waals surface area contributed by atoms with Crippen LogP contribution in [0.1, 0.15) is 55.8 Å². The first-order valence-electron chi connectivity index (χ1n) is 12.7. The third-order valence-electron chi connectivity index (χ3n) is 7.26. The number of likely N-dealkylation sites (tertiary alicyclic amines) is 1. The Kier molecular flexibility index (Phi) is 8.69. The van der Waals surface area contributed by atoms with Gasteiger partial charge in [0.1, 0.15) is 0 Å². The lowest BCUT2D eigenvalue weighted by molar-refractivity contribution is -0.123. The first-order chi connectivity index (χ1) is 16.6. The van der Waals surface area contributed by atoms with E-state index in [4.69, 9.17) is 9.47 Å². The zero-order chi connectivity index (χ0) is 23.9. The topological polar surface area (TPSA) is 79.4 Å². The van der Waals surface area contributed by atoms with Crippen LogP contribution in [0.4, 0.5) is 5.69 Å². The molecule has 3 aliphatic rings. The molecule has 0 spiro atoms. The van der Waals surface area contributed by atoms with Gasteiger partial charge in [-0.25, -0.2) is 9.69 Å². The van der Waals surface area contributed by atoms with Crippen molar-refractivity contribution in [2.45, 2.75) is 51.5 Å². The SMILES string of the molecule is CCCCOC(=O)c1ccc(N2C(=O)C[C@@H](N3CCC(CCN4CCOCC4)CC3)C2=O)cc1. The summed E-state index contributed by atoms with van der Waals surface area (Å²) in [7, 11) is 0. The molecule has 0 aliphatic carbocycles. The van der Waals surface area contributed by atoms with Gasteiger partial charge in [0.15, 0.2) is 0 Å². The molecule has 3 fully saturated rings. The van der Waals surface area contributed by atoms with Gasteiger partial charge in [0.2, 0.25) is 5.91 Å². The van der Waals surface area contributed by atoms with Gasteiger partial charge in [-0.05, 0) is 75.5 Å². The van der Waals surface area contributed by atoms with Crippen LogP contribution in [0.3, 0.4) is 0 Å². The quantitative estimate of drug-likeness (QED) is 0.311. The summed E-state index contributed by atoms with van der Waals surface area (Å²) in [4.78, 5) is 44.0. The van der Waals surface area contributed by atoms with Gasteiger partial charge < -0.3 is 9.47 Å². The Morgan fingerprint density at radius 2 is 1.76 bits per heavy atom. The van der Waals surface area contributed by atoms with Crippen LogP contribution in [0.5, 0.6) is 0 Å². The number of amides is 2. The Morgan fingerprint density at radius 3 is 2.44 bits per heavy atom. The van der Waals surface area contributed by atoms with Gasteiger partial charge >= 0.3 is 5.97 Å². The molecule has 0 radical (unpaired) electrons. The summed E-state index contributed by atoms with van der Waals surface area (Å²) in [6.45, 7) is 8.97. The number of benzene rings is 1. The number of nitrogens with zero attached hydrogens (tertiary/aromatic N) is 3. The van der Waals surface area contributed by atoms with Gasteiger partial charge in [-0.1, -0.05) is 13.3 Å². The van der Waals surface area contributed by atoms with E-state index < -0.39 is 0 Å². The maximum atomic E-state index is 13.2. The van der Waals surface area contributed by atoms with Crippen molar-refractivity contribution in [3.05, 3.63) is 29.8 Å². The minimum Gasteiger partial charge on any atom is -0.462 e. The molecule has 1 atom stereocenters. The van der Waals surface area contributed by atoms with Gasteiger partial charge in [-0.2, -0.15) is 0 Å². The van der Waals surface area contributed by atoms with Crippen molar-refractivity contribution in [3.63, 3.8) is 0 Å². The molecule has 0 saturated carbocycles. The minimum atomic E-state index is -0.383. The lowest BCUT2D eigenvalue weighted by atomic mass is 9.92. The predicted octanol–water partition coefficient (Wildman–Crippen LogP) is 2.71. The lowest BCUT2D eigenvalue weighted by Gasteiger charge is -2.36. The molecule has 8 nitrogen and oxygen atoms in total.